The van der Waals surface area contributed by atoms with Gasteiger partial charge in [0.15, 0.2) is 0 Å². The number of hydrogen-bond donors (Lipinski definition) is 0. The largest absolute Gasteiger partial charge is 0.290 e. The number of fused-ring (bicyclic) bond motifs is 2. The smallest absolute Gasteiger partial charge is 0.205 e. The lowest BCUT2D eigenvalue weighted by Gasteiger charge is -2.62. The van der Waals surface area contributed by atoms with Crippen LogP contribution in [0.3, 0.4) is 0 Å². The topological polar surface area (TPSA) is 17.1 Å². The Labute approximate surface area is 74.5 Å². The van der Waals surface area contributed by atoms with E-state index in [2.05, 4.69) is 27.1 Å². The SMILES string of the molecule is CC1([C]=O)CCC2CC1C2(C)C. The molecule has 3 aliphatic carbocycles. The van der Waals surface area contributed by atoms with Crippen molar-refractivity contribution < 1.29 is 4.79 Å². The van der Waals surface area contributed by atoms with E-state index in [1.165, 1.54) is 12.8 Å². The third kappa shape index (κ3) is 0.773. The highest BCUT2D eigenvalue weighted by atomic mass is 16.1. The van der Waals surface area contributed by atoms with Crippen LogP contribution in [0.4, 0.5) is 0 Å². The van der Waals surface area contributed by atoms with Gasteiger partial charge in [0.25, 0.3) is 0 Å². The van der Waals surface area contributed by atoms with Crippen LogP contribution >= 0.6 is 0 Å². The number of rotatable bonds is 1. The van der Waals surface area contributed by atoms with E-state index in [9.17, 15) is 4.79 Å². The summed E-state index contributed by atoms with van der Waals surface area (Å²) in [6.07, 6.45) is 5.83. The van der Waals surface area contributed by atoms with Crippen molar-refractivity contribution in [1.82, 2.24) is 0 Å². The van der Waals surface area contributed by atoms with Crippen LogP contribution in [0.2, 0.25) is 0 Å². The summed E-state index contributed by atoms with van der Waals surface area (Å²) >= 11 is 0. The summed E-state index contributed by atoms with van der Waals surface area (Å²) < 4.78 is 0. The molecule has 0 aromatic carbocycles. The van der Waals surface area contributed by atoms with Crippen LogP contribution in [0, 0.1) is 22.7 Å². The van der Waals surface area contributed by atoms with E-state index >= 15 is 0 Å². The Kier molecular flexibility index (Phi) is 1.47. The molecule has 3 atom stereocenters. The fourth-order valence-corrected chi connectivity index (χ4v) is 3.36. The maximum absolute atomic E-state index is 10.9. The van der Waals surface area contributed by atoms with Gasteiger partial charge in [-0.2, -0.15) is 0 Å². The first kappa shape index (κ1) is 8.28. The lowest BCUT2D eigenvalue weighted by atomic mass is 9.41. The predicted octanol–water partition coefficient (Wildman–Crippen LogP) is 2.56. The van der Waals surface area contributed by atoms with Gasteiger partial charge < -0.3 is 0 Å². The van der Waals surface area contributed by atoms with Crippen molar-refractivity contribution in [1.29, 1.82) is 0 Å². The second-order valence-electron chi connectivity index (χ2n) is 5.36. The van der Waals surface area contributed by atoms with Crippen molar-refractivity contribution in [2.75, 3.05) is 0 Å². The minimum Gasteiger partial charge on any atom is -0.290 e. The van der Waals surface area contributed by atoms with Crippen LogP contribution in [-0.2, 0) is 4.79 Å². The number of hydrogen-bond acceptors (Lipinski definition) is 1. The molecule has 3 fully saturated rings. The molecule has 0 amide bonds. The van der Waals surface area contributed by atoms with Gasteiger partial charge in [-0.1, -0.05) is 20.8 Å². The quantitative estimate of drug-likeness (QED) is 0.583. The standard InChI is InChI=1S/C11H17O/c1-10(2)8-4-5-11(3,7-12)9(10)6-8/h8-9H,4-6H2,1-3H3. The summed E-state index contributed by atoms with van der Waals surface area (Å²) in [6, 6.07) is 0. The molecule has 0 aromatic rings. The fraction of sp³-hybridized carbons (Fsp3) is 0.909. The molecule has 2 bridgehead atoms. The summed E-state index contributed by atoms with van der Waals surface area (Å²) in [5.74, 6) is 1.48. The molecule has 0 spiro atoms. The molecule has 12 heavy (non-hydrogen) atoms. The molecule has 0 N–H and O–H groups in total. The minimum absolute atomic E-state index is 0.127. The normalized spacial score (nSPS) is 49.6. The second kappa shape index (κ2) is 2.12. The van der Waals surface area contributed by atoms with Crippen molar-refractivity contribution in [3.05, 3.63) is 0 Å². The average Bonchev–Trinajstić information content (AvgIpc) is 2.04. The van der Waals surface area contributed by atoms with Crippen molar-refractivity contribution in [2.24, 2.45) is 22.7 Å². The highest BCUT2D eigenvalue weighted by Crippen LogP contribution is 2.65. The molecule has 3 saturated carbocycles. The highest BCUT2D eigenvalue weighted by Gasteiger charge is 2.59. The monoisotopic (exact) mass is 165 g/mol. The molecule has 1 radical (unpaired) electrons. The molecule has 0 aromatic heterocycles. The highest BCUT2D eigenvalue weighted by molar-refractivity contribution is 5.61. The molecule has 1 nitrogen and oxygen atoms in total. The average molecular weight is 165 g/mol. The third-order valence-electron chi connectivity index (χ3n) is 4.48. The second-order valence-corrected chi connectivity index (χ2v) is 5.36. The molecular formula is C11H17O. The maximum atomic E-state index is 10.9. The fourth-order valence-electron chi connectivity index (χ4n) is 3.36. The van der Waals surface area contributed by atoms with E-state index in [0.717, 1.165) is 12.3 Å². The van der Waals surface area contributed by atoms with E-state index in [1.54, 1.807) is 0 Å². The first-order valence-electron chi connectivity index (χ1n) is 4.90. The van der Waals surface area contributed by atoms with Crippen LogP contribution in [0.25, 0.3) is 0 Å². The van der Waals surface area contributed by atoms with Gasteiger partial charge in [0.1, 0.15) is 0 Å². The Bertz CT molecular complexity index is 217. The molecule has 3 aliphatic rings. The number of carbonyl (C=O) groups excluding carboxylic acids is 1. The Balaban J connectivity index is 2.27. The molecule has 1 heteroatoms. The third-order valence-corrected chi connectivity index (χ3v) is 4.48. The van der Waals surface area contributed by atoms with Gasteiger partial charge in [-0.05, 0) is 36.5 Å². The molecule has 0 aliphatic heterocycles. The molecule has 67 valence electrons. The van der Waals surface area contributed by atoms with Gasteiger partial charge >= 0.3 is 0 Å². The molecule has 3 unspecified atom stereocenters. The first-order chi connectivity index (χ1) is 5.50. The van der Waals surface area contributed by atoms with Crippen molar-refractivity contribution >= 4 is 6.29 Å². The maximum Gasteiger partial charge on any atom is 0.205 e. The lowest BCUT2D eigenvalue weighted by Crippen LogP contribution is -2.57. The summed E-state index contributed by atoms with van der Waals surface area (Å²) in [7, 11) is 0. The van der Waals surface area contributed by atoms with Crippen molar-refractivity contribution in [3.63, 3.8) is 0 Å². The Morgan fingerprint density at radius 3 is 2.33 bits per heavy atom. The van der Waals surface area contributed by atoms with E-state index in [-0.39, 0.29) is 5.41 Å². The van der Waals surface area contributed by atoms with Gasteiger partial charge in [-0.15, -0.1) is 0 Å². The Morgan fingerprint density at radius 1 is 1.33 bits per heavy atom. The van der Waals surface area contributed by atoms with Crippen molar-refractivity contribution in [2.45, 2.75) is 40.0 Å². The van der Waals surface area contributed by atoms with Gasteiger partial charge in [-0.3, -0.25) is 4.79 Å². The predicted molar refractivity (Wildman–Crippen MR) is 48.4 cm³/mol. The summed E-state index contributed by atoms with van der Waals surface area (Å²) in [6.45, 7) is 6.70. The Hall–Kier alpha value is -0.330. The molecule has 3 rings (SSSR count). The lowest BCUT2D eigenvalue weighted by molar-refractivity contribution is -0.122. The van der Waals surface area contributed by atoms with Gasteiger partial charge in [0.2, 0.25) is 6.29 Å². The zero-order valence-electron chi connectivity index (χ0n) is 8.18. The molecular weight excluding hydrogens is 148 g/mol. The van der Waals surface area contributed by atoms with Gasteiger partial charge in [0, 0.05) is 5.41 Å². The van der Waals surface area contributed by atoms with E-state index in [0.29, 0.717) is 11.3 Å². The van der Waals surface area contributed by atoms with Crippen LogP contribution in [-0.4, -0.2) is 6.29 Å². The Morgan fingerprint density at radius 2 is 2.00 bits per heavy atom. The van der Waals surface area contributed by atoms with E-state index in [4.69, 9.17) is 0 Å². The first-order valence-corrected chi connectivity index (χ1v) is 4.90. The van der Waals surface area contributed by atoms with Gasteiger partial charge in [-0.25, -0.2) is 0 Å². The minimum atomic E-state index is -0.127. The summed E-state index contributed by atoms with van der Waals surface area (Å²) in [5.41, 5.74) is 0.280. The van der Waals surface area contributed by atoms with Gasteiger partial charge in [0.05, 0.1) is 0 Å². The zero-order valence-corrected chi connectivity index (χ0v) is 8.18. The van der Waals surface area contributed by atoms with Crippen LogP contribution in [0.1, 0.15) is 40.0 Å². The molecule has 0 saturated heterocycles. The van der Waals surface area contributed by atoms with Crippen LogP contribution in [0.5, 0.6) is 0 Å². The van der Waals surface area contributed by atoms with Crippen molar-refractivity contribution in [3.8, 4) is 0 Å². The van der Waals surface area contributed by atoms with E-state index in [1.807, 2.05) is 0 Å². The van der Waals surface area contributed by atoms with Crippen LogP contribution < -0.4 is 0 Å². The summed E-state index contributed by atoms with van der Waals surface area (Å²) in [5, 5.41) is 0. The molecule has 0 heterocycles. The summed E-state index contributed by atoms with van der Waals surface area (Å²) in [4.78, 5) is 10.9. The van der Waals surface area contributed by atoms with E-state index < -0.39 is 0 Å². The van der Waals surface area contributed by atoms with Crippen LogP contribution in [0.15, 0.2) is 0 Å². The zero-order chi connectivity index (χ0) is 8.98.